The summed E-state index contributed by atoms with van der Waals surface area (Å²) in [5, 5.41) is 1.15. The summed E-state index contributed by atoms with van der Waals surface area (Å²) in [5.74, 6) is 0. The molecule has 2 unspecified atom stereocenters. The number of hydrogen-bond donors (Lipinski definition) is 0. The van der Waals surface area contributed by atoms with Gasteiger partial charge >= 0.3 is 0 Å². The van der Waals surface area contributed by atoms with Gasteiger partial charge in [0.25, 0.3) is 0 Å². The minimum atomic E-state index is -0.280. The van der Waals surface area contributed by atoms with Gasteiger partial charge in [-0.15, -0.1) is 0 Å². The van der Waals surface area contributed by atoms with E-state index in [1.54, 1.807) is 6.26 Å². The largest absolute Gasteiger partial charge is 0.464 e. The zero-order chi connectivity index (χ0) is 10.0. The fourth-order valence-corrected chi connectivity index (χ4v) is 2.72. The highest BCUT2D eigenvalue weighted by Crippen LogP contribution is 2.52. The third kappa shape index (κ3) is 0.756. The Balaban J connectivity index is 2.20. The first-order valence-corrected chi connectivity index (χ1v) is 5.16. The molecular formula is C13H10O2. The molecule has 2 heteroatoms. The minimum absolute atomic E-state index is 0.125. The van der Waals surface area contributed by atoms with E-state index >= 15 is 0 Å². The SMILES string of the molecule is CC12C=CC(O1)c1ccc3ccoc3c12. The van der Waals surface area contributed by atoms with Crippen molar-refractivity contribution in [1.82, 2.24) is 0 Å². The van der Waals surface area contributed by atoms with Gasteiger partial charge in [-0.25, -0.2) is 0 Å². The van der Waals surface area contributed by atoms with Crippen LogP contribution in [0.1, 0.15) is 24.2 Å². The summed E-state index contributed by atoms with van der Waals surface area (Å²) >= 11 is 0. The van der Waals surface area contributed by atoms with E-state index < -0.39 is 0 Å². The molecule has 0 radical (unpaired) electrons. The molecule has 4 rings (SSSR count). The molecule has 74 valence electrons. The maximum absolute atomic E-state index is 5.94. The number of fused-ring (bicyclic) bond motifs is 7. The van der Waals surface area contributed by atoms with Crippen LogP contribution < -0.4 is 0 Å². The molecule has 15 heavy (non-hydrogen) atoms. The Bertz CT molecular complexity index is 594. The third-order valence-corrected chi connectivity index (χ3v) is 3.42. The molecule has 0 fully saturated rings. The zero-order valence-electron chi connectivity index (χ0n) is 8.36. The second kappa shape index (κ2) is 2.17. The smallest absolute Gasteiger partial charge is 0.140 e. The maximum atomic E-state index is 5.94. The molecular weight excluding hydrogens is 188 g/mol. The molecule has 2 atom stereocenters. The van der Waals surface area contributed by atoms with E-state index in [0.717, 1.165) is 11.0 Å². The number of ether oxygens (including phenoxy) is 1. The lowest BCUT2D eigenvalue weighted by molar-refractivity contribution is 0.0116. The molecule has 2 bridgehead atoms. The number of hydrogen-bond acceptors (Lipinski definition) is 2. The lowest BCUT2D eigenvalue weighted by atomic mass is 9.87. The molecule has 1 aromatic carbocycles. The predicted molar refractivity (Wildman–Crippen MR) is 56.5 cm³/mol. The Labute approximate surface area is 87.1 Å². The van der Waals surface area contributed by atoms with E-state index in [2.05, 4.69) is 31.2 Å². The lowest BCUT2D eigenvalue weighted by Gasteiger charge is -2.17. The summed E-state index contributed by atoms with van der Waals surface area (Å²) in [6.45, 7) is 2.09. The van der Waals surface area contributed by atoms with Gasteiger partial charge in [0.15, 0.2) is 0 Å². The van der Waals surface area contributed by atoms with Crippen molar-refractivity contribution in [2.75, 3.05) is 0 Å². The van der Waals surface area contributed by atoms with Crippen LogP contribution in [-0.4, -0.2) is 0 Å². The quantitative estimate of drug-likeness (QED) is 0.606. The zero-order valence-corrected chi connectivity index (χ0v) is 8.36. The van der Waals surface area contributed by atoms with Gasteiger partial charge in [0.05, 0.1) is 6.26 Å². The number of rotatable bonds is 0. The van der Waals surface area contributed by atoms with Gasteiger partial charge in [-0.2, -0.15) is 0 Å². The predicted octanol–water partition coefficient (Wildman–Crippen LogP) is 3.29. The molecule has 0 saturated carbocycles. The van der Waals surface area contributed by atoms with Gasteiger partial charge in [-0.05, 0) is 24.6 Å². The van der Waals surface area contributed by atoms with Crippen molar-refractivity contribution < 1.29 is 9.15 Å². The van der Waals surface area contributed by atoms with Gasteiger partial charge < -0.3 is 9.15 Å². The van der Waals surface area contributed by atoms with Crippen LogP contribution >= 0.6 is 0 Å². The molecule has 2 aliphatic heterocycles. The highest BCUT2D eigenvalue weighted by atomic mass is 16.5. The van der Waals surface area contributed by atoms with Crippen LogP contribution in [0.3, 0.4) is 0 Å². The van der Waals surface area contributed by atoms with Crippen molar-refractivity contribution in [1.29, 1.82) is 0 Å². The van der Waals surface area contributed by atoms with E-state index in [9.17, 15) is 0 Å². The Hall–Kier alpha value is -1.54. The molecule has 0 amide bonds. The highest BCUT2D eigenvalue weighted by Gasteiger charge is 2.45. The number of benzene rings is 1. The molecule has 0 saturated heterocycles. The van der Waals surface area contributed by atoms with Crippen LogP contribution in [0.15, 0.2) is 41.0 Å². The lowest BCUT2D eigenvalue weighted by Crippen LogP contribution is -2.15. The molecule has 2 nitrogen and oxygen atoms in total. The van der Waals surface area contributed by atoms with Crippen molar-refractivity contribution >= 4 is 11.0 Å². The molecule has 2 aliphatic rings. The van der Waals surface area contributed by atoms with Gasteiger partial charge in [0.2, 0.25) is 0 Å². The average Bonchev–Trinajstić information content (AvgIpc) is 2.86. The molecule has 1 aromatic heterocycles. The maximum Gasteiger partial charge on any atom is 0.140 e. The molecule has 0 aliphatic carbocycles. The Morgan fingerprint density at radius 1 is 1.27 bits per heavy atom. The summed E-state index contributed by atoms with van der Waals surface area (Å²) in [6.07, 6.45) is 6.11. The number of furan rings is 1. The monoisotopic (exact) mass is 198 g/mol. The summed E-state index contributed by atoms with van der Waals surface area (Å²) in [6, 6.07) is 6.24. The summed E-state index contributed by atoms with van der Waals surface area (Å²) in [5.41, 5.74) is 3.15. The van der Waals surface area contributed by atoms with E-state index in [-0.39, 0.29) is 11.7 Å². The van der Waals surface area contributed by atoms with Crippen LogP contribution in [0.4, 0.5) is 0 Å². The minimum Gasteiger partial charge on any atom is -0.464 e. The standard InChI is InChI=1S/C13H10O2/c1-13-6-4-10(15-13)9-3-2-8-5-7-14-12(8)11(9)13/h2-7,10H,1H3. The first-order chi connectivity index (χ1) is 7.28. The van der Waals surface area contributed by atoms with Crippen LogP contribution in [0.2, 0.25) is 0 Å². The Morgan fingerprint density at radius 2 is 2.20 bits per heavy atom. The summed E-state index contributed by atoms with van der Waals surface area (Å²) in [4.78, 5) is 0. The van der Waals surface area contributed by atoms with Crippen molar-refractivity contribution in [3.05, 3.63) is 47.7 Å². The Morgan fingerprint density at radius 3 is 3.13 bits per heavy atom. The fraction of sp³-hybridized carbons (Fsp3) is 0.231. The Kier molecular flexibility index (Phi) is 1.12. The molecule has 0 N–H and O–H groups in total. The van der Waals surface area contributed by atoms with Gasteiger partial charge in [0.1, 0.15) is 17.3 Å². The normalized spacial score (nSPS) is 31.4. The van der Waals surface area contributed by atoms with E-state index in [4.69, 9.17) is 9.15 Å². The molecule has 2 aromatic rings. The second-order valence-electron chi connectivity index (χ2n) is 4.37. The molecule has 0 spiro atoms. The van der Waals surface area contributed by atoms with Crippen LogP contribution in [0.25, 0.3) is 11.0 Å². The fourth-order valence-electron chi connectivity index (χ4n) is 2.72. The average molecular weight is 198 g/mol. The van der Waals surface area contributed by atoms with Gasteiger partial charge in [0, 0.05) is 10.9 Å². The summed E-state index contributed by atoms with van der Waals surface area (Å²) in [7, 11) is 0. The van der Waals surface area contributed by atoms with Crippen molar-refractivity contribution in [3.8, 4) is 0 Å². The third-order valence-electron chi connectivity index (χ3n) is 3.42. The molecule has 3 heterocycles. The van der Waals surface area contributed by atoms with Gasteiger partial charge in [-0.1, -0.05) is 18.2 Å². The first kappa shape index (κ1) is 7.71. The van der Waals surface area contributed by atoms with Crippen molar-refractivity contribution in [2.45, 2.75) is 18.6 Å². The topological polar surface area (TPSA) is 22.4 Å². The second-order valence-corrected chi connectivity index (χ2v) is 4.37. The van der Waals surface area contributed by atoms with Crippen molar-refractivity contribution in [2.24, 2.45) is 0 Å². The van der Waals surface area contributed by atoms with Crippen LogP contribution in [-0.2, 0) is 10.3 Å². The van der Waals surface area contributed by atoms with Crippen molar-refractivity contribution in [3.63, 3.8) is 0 Å². The van der Waals surface area contributed by atoms with E-state index in [1.807, 2.05) is 6.07 Å². The summed E-state index contributed by atoms with van der Waals surface area (Å²) < 4.78 is 11.5. The first-order valence-electron chi connectivity index (χ1n) is 5.16. The van der Waals surface area contributed by atoms with Crippen LogP contribution in [0, 0.1) is 0 Å². The van der Waals surface area contributed by atoms with Crippen LogP contribution in [0.5, 0.6) is 0 Å². The van der Waals surface area contributed by atoms with E-state index in [0.29, 0.717) is 0 Å². The highest BCUT2D eigenvalue weighted by molar-refractivity contribution is 5.84. The van der Waals surface area contributed by atoms with Gasteiger partial charge in [-0.3, -0.25) is 0 Å². The van der Waals surface area contributed by atoms with E-state index in [1.165, 1.54) is 11.1 Å².